The Morgan fingerprint density at radius 2 is 2.00 bits per heavy atom. The van der Waals surface area contributed by atoms with Gasteiger partial charge in [-0.2, -0.15) is 0 Å². The van der Waals surface area contributed by atoms with Crippen LogP contribution in [0.2, 0.25) is 0 Å². The molecule has 1 fully saturated rings. The second-order valence-corrected chi connectivity index (χ2v) is 5.89. The summed E-state index contributed by atoms with van der Waals surface area (Å²) in [6.45, 7) is 5.41. The number of hydrogen-bond donors (Lipinski definition) is 1. The Bertz CT molecular complexity index is 364. The Kier molecular flexibility index (Phi) is 5.74. The molecule has 1 aromatic heterocycles. The Labute approximate surface area is 117 Å². The lowest BCUT2D eigenvalue weighted by atomic mass is 9.95. The fourth-order valence-corrected chi connectivity index (χ4v) is 3.04. The van der Waals surface area contributed by atoms with Gasteiger partial charge in [0.15, 0.2) is 0 Å². The zero-order valence-electron chi connectivity index (χ0n) is 12.6. The quantitative estimate of drug-likeness (QED) is 0.723. The van der Waals surface area contributed by atoms with Crippen LogP contribution < -0.4 is 5.32 Å². The van der Waals surface area contributed by atoms with E-state index in [2.05, 4.69) is 34.9 Å². The molecule has 1 aliphatic rings. The minimum atomic E-state index is 0.674. The maximum Gasteiger partial charge on any atom is 0.203 e. The van der Waals surface area contributed by atoms with Crippen LogP contribution in [0.15, 0.2) is 6.20 Å². The normalized spacial score (nSPS) is 16.7. The summed E-state index contributed by atoms with van der Waals surface area (Å²) in [4.78, 5) is 4.66. The summed E-state index contributed by atoms with van der Waals surface area (Å²) >= 11 is 0. The summed E-state index contributed by atoms with van der Waals surface area (Å²) in [6.07, 6.45) is 14.2. The van der Waals surface area contributed by atoms with Crippen molar-refractivity contribution in [1.82, 2.24) is 9.55 Å². The number of hydrogen-bond acceptors (Lipinski definition) is 2. The number of nitrogens with one attached hydrogen (secondary N) is 1. The van der Waals surface area contributed by atoms with Crippen LogP contribution in [0.1, 0.15) is 76.4 Å². The van der Waals surface area contributed by atoms with Crippen molar-refractivity contribution in [2.75, 3.05) is 11.9 Å². The van der Waals surface area contributed by atoms with Crippen molar-refractivity contribution in [3.63, 3.8) is 0 Å². The van der Waals surface area contributed by atoms with Gasteiger partial charge < -0.3 is 9.88 Å². The number of aromatic nitrogens is 2. The average molecular weight is 263 g/mol. The zero-order valence-corrected chi connectivity index (χ0v) is 12.6. The van der Waals surface area contributed by atoms with E-state index in [-0.39, 0.29) is 0 Å². The largest absolute Gasteiger partial charge is 0.356 e. The van der Waals surface area contributed by atoms with Crippen molar-refractivity contribution in [2.45, 2.75) is 77.7 Å². The molecule has 0 aromatic carbocycles. The molecule has 19 heavy (non-hydrogen) atoms. The maximum atomic E-state index is 4.66. The number of nitrogens with zero attached hydrogens (tertiary/aromatic N) is 2. The molecule has 0 atom stereocenters. The van der Waals surface area contributed by atoms with E-state index in [1.807, 2.05) is 0 Å². The lowest BCUT2D eigenvalue weighted by Crippen LogP contribution is -2.16. The van der Waals surface area contributed by atoms with E-state index in [1.165, 1.54) is 57.8 Å². The zero-order chi connectivity index (χ0) is 13.5. The molecule has 1 N–H and O–H groups in total. The van der Waals surface area contributed by atoms with Crippen molar-refractivity contribution < 1.29 is 0 Å². The smallest absolute Gasteiger partial charge is 0.203 e. The number of rotatable bonds is 7. The van der Waals surface area contributed by atoms with Gasteiger partial charge in [-0.25, -0.2) is 4.98 Å². The minimum absolute atomic E-state index is 0.674. The number of aryl methyl sites for hydroxylation is 1. The van der Waals surface area contributed by atoms with Crippen LogP contribution in [-0.2, 0) is 0 Å². The highest BCUT2D eigenvalue weighted by Crippen LogP contribution is 2.30. The van der Waals surface area contributed by atoms with E-state index in [4.69, 9.17) is 0 Å². The first kappa shape index (κ1) is 14.4. The Morgan fingerprint density at radius 3 is 2.74 bits per heavy atom. The van der Waals surface area contributed by atoms with Crippen LogP contribution in [0, 0.1) is 6.92 Å². The molecule has 1 aromatic rings. The van der Waals surface area contributed by atoms with Crippen molar-refractivity contribution in [2.24, 2.45) is 0 Å². The van der Waals surface area contributed by atoms with Crippen molar-refractivity contribution >= 4 is 5.95 Å². The molecule has 0 saturated heterocycles. The monoisotopic (exact) mass is 263 g/mol. The van der Waals surface area contributed by atoms with Crippen LogP contribution >= 0.6 is 0 Å². The van der Waals surface area contributed by atoms with E-state index >= 15 is 0 Å². The third kappa shape index (κ3) is 4.26. The summed E-state index contributed by atoms with van der Waals surface area (Å²) in [7, 11) is 0. The van der Waals surface area contributed by atoms with Gasteiger partial charge in [-0.1, -0.05) is 45.4 Å². The molecule has 108 valence electrons. The van der Waals surface area contributed by atoms with Gasteiger partial charge in [-0.3, -0.25) is 0 Å². The first-order valence-corrected chi connectivity index (χ1v) is 8.10. The third-order valence-corrected chi connectivity index (χ3v) is 4.13. The van der Waals surface area contributed by atoms with Gasteiger partial charge in [0.1, 0.15) is 0 Å². The predicted molar refractivity (Wildman–Crippen MR) is 81.7 cm³/mol. The van der Waals surface area contributed by atoms with Crippen LogP contribution in [0.5, 0.6) is 0 Å². The predicted octanol–water partition coefficient (Wildman–Crippen LogP) is 4.69. The Balaban J connectivity index is 1.88. The van der Waals surface area contributed by atoms with Gasteiger partial charge in [0, 0.05) is 18.8 Å². The summed E-state index contributed by atoms with van der Waals surface area (Å²) < 4.78 is 2.40. The molecule has 3 nitrogen and oxygen atoms in total. The molecule has 0 amide bonds. The van der Waals surface area contributed by atoms with Crippen LogP contribution in [-0.4, -0.2) is 16.1 Å². The minimum Gasteiger partial charge on any atom is -0.356 e. The molecule has 3 heteroatoms. The second-order valence-electron chi connectivity index (χ2n) is 5.89. The average Bonchev–Trinajstić information content (AvgIpc) is 2.81. The fraction of sp³-hybridized carbons (Fsp3) is 0.812. The highest BCUT2D eigenvalue weighted by atomic mass is 15.2. The van der Waals surface area contributed by atoms with Gasteiger partial charge >= 0.3 is 0 Å². The van der Waals surface area contributed by atoms with E-state index in [0.29, 0.717) is 6.04 Å². The van der Waals surface area contributed by atoms with Crippen LogP contribution in [0.4, 0.5) is 5.95 Å². The summed E-state index contributed by atoms with van der Waals surface area (Å²) in [6, 6.07) is 0.674. The SMILES string of the molecule is CCCCCCNc1nc(C)cn1C1CCCCC1. The highest BCUT2D eigenvalue weighted by molar-refractivity contribution is 5.29. The van der Waals surface area contributed by atoms with Gasteiger partial charge in [0.05, 0.1) is 5.69 Å². The van der Waals surface area contributed by atoms with Crippen molar-refractivity contribution in [1.29, 1.82) is 0 Å². The molecule has 0 radical (unpaired) electrons. The molecule has 0 unspecified atom stereocenters. The second kappa shape index (κ2) is 7.56. The van der Waals surface area contributed by atoms with E-state index in [1.54, 1.807) is 0 Å². The van der Waals surface area contributed by atoms with Gasteiger partial charge in [0.25, 0.3) is 0 Å². The van der Waals surface area contributed by atoms with Gasteiger partial charge in [0.2, 0.25) is 5.95 Å². The maximum absolute atomic E-state index is 4.66. The first-order chi connectivity index (χ1) is 9.31. The van der Waals surface area contributed by atoms with Crippen LogP contribution in [0.25, 0.3) is 0 Å². The third-order valence-electron chi connectivity index (χ3n) is 4.13. The first-order valence-electron chi connectivity index (χ1n) is 8.10. The van der Waals surface area contributed by atoms with Crippen molar-refractivity contribution in [3.05, 3.63) is 11.9 Å². The lowest BCUT2D eigenvalue weighted by molar-refractivity contribution is 0.355. The standard InChI is InChI=1S/C16H29N3/c1-3-4-5-9-12-17-16-18-14(2)13-19(16)15-10-7-6-8-11-15/h13,15H,3-12H2,1-2H3,(H,17,18). The molecule has 1 heterocycles. The molecule has 0 spiro atoms. The highest BCUT2D eigenvalue weighted by Gasteiger charge is 2.18. The number of imidazole rings is 1. The topological polar surface area (TPSA) is 29.9 Å². The van der Waals surface area contributed by atoms with E-state index < -0.39 is 0 Å². The van der Waals surface area contributed by atoms with E-state index in [0.717, 1.165) is 18.2 Å². The summed E-state index contributed by atoms with van der Waals surface area (Å²) in [5.41, 5.74) is 1.14. The van der Waals surface area contributed by atoms with Gasteiger partial charge in [-0.05, 0) is 26.2 Å². The number of anilines is 1. The van der Waals surface area contributed by atoms with E-state index in [9.17, 15) is 0 Å². The van der Waals surface area contributed by atoms with Crippen LogP contribution in [0.3, 0.4) is 0 Å². The Hall–Kier alpha value is -0.990. The summed E-state index contributed by atoms with van der Waals surface area (Å²) in [5, 5.41) is 3.54. The van der Waals surface area contributed by atoms with Gasteiger partial charge in [-0.15, -0.1) is 0 Å². The molecule has 1 aliphatic carbocycles. The molecule has 0 bridgehead atoms. The molecular formula is C16H29N3. The number of unbranched alkanes of at least 4 members (excludes halogenated alkanes) is 3. The molecular weight excluding hydrogens is 234 g/mol. The fourth-order valence-electron chi connectivity index (χ4n) is 3.04. The molecule has 2 rings (SSSR count). The molecule has 0 aliphatic heterocycles. The lowest BCUT2D eigenvalue weighted by Gasteiger charge is -2.24. The Morgan fingerprint density at radius 1 is 1.21 bits per heavy atom. The van der Waals surface area contributed by atoms with Crippen molar-refractivity contribution in [3.8, 4) is 0 Å². The molecule has 1 saturated carbocycles. The summed E-state index contributed by atoms with van der Waals surface area (Å²) in [5.74, 6) is 1.10.